The maximum Gasteiger partial charge on any atom is 0.410 e. The molecule has 0 saturated carbocycles. The van der Waals surface area contributed by atoms with Crippen LogP contribution in [-0.4, -0.2) is 41.4 Å². The van der Waals surface area contributed by atoms with Crippen LogP contribution in [0.2, 0.25) is 0 Å². The predicted octanol–water partition coefficient (Wildman–Crippen LogP) is 1.68. The summed E-state index contributed by atoms with van der Waals surface area (Å²) in [5.41, 5.74) is 5.17. The third-order valence-electron chi connectivity index (χ3n) is 2.53. The summed E-state index contributed by atoms with van der Waals surface area (Å²) in [6.07, 6.45) is -1.17. The van der Waals surface area contributed by atoms with E-state index in [0.29, 0.717) is 6.42 Å². The van der Waals surface area contributed by atoms with Gasteiger partial charge in [0.2, 0.25) is 0 Å². The summed E-state index contributed by atoms with van der Waals surface area (Å²) < 4.78 is 18.5. The van der Waals surface area contributed by atoms with Gasteiger partial charge in [-0.1, -0.05) is 0 Å². The molecule has 1 rings (SSSR count). The molecule has 1 aliphatic rings. The van der Waals surface area contributed by atoms with Gasteiger partial charge >= 0.3 is 6.09 Å². The van der Waals surface area contributed by atoms with Crippen molar-refractivity contribution in [1.29, 1.82) is 0 Å². The summed E-state index contributed by atoms with van der Waals surface area (Å²) in [4.78, 5) is 13.2. The smallest absolute Gasteiger partial charge is 0.410 e. The number of hydrogen-bond donors (Lipinski definition) is 1. The molecule has 0 bridgehead atoms. The van der Waals surface area contributed by atoms with Gasteiger partial charge in [-0.05, 0) is 27.7 Å². The molecule has 0 aliphatic carbocycles. The summed E-state index contributed by atoms with van der Waals surface area (Å²) in [5, 5.41) is 0. The van der Waals surface area contributed by atoms with Crippen molar-refractivity contribution in [2.45, 2.75) is 58.0 Å². The van der Waals surface area contributed by atoms with E-state index in [9.17, 15) is 9.18 Å². The van der Waals surface area contributed by atoms with Crippen molar-refractivity contribution in [2.75, 3.05) is 6.54 Å². The van der Waals surface area contributed by atoms with E-state index in [4.69, 9.17) is 10.5 Å². The number of alkyl halides is 1. The molecule has 3 atom stereocenters. The Hall–Kier alpha value is -0.840. The lowest BCUT2D eigenvalue weighted by Crippen LogP contribution is -2.47. The van der Waals surface area contributed by atoms with E-state index < -0.39 is 17.9 Å². The van der Waals surface area contributed by atoms with Crippen molar-refractivity contribution in [3.8, 4) is 0 Å². The zero-order valence-corrected chi connectivity index (χ0v) is 10.4. The topological polar surface area (TPSA) is 55.6 Å². The third kappa shape index (κ3) is 3.33. The van der Waals surface area contributed by atoms with Gasteiger partial charge < -0.3 is 15.4 Å². The molecule has 4 nitrogen and oxygen atoms in total. The molecule has 5 heteroatoms. The minimum Gasteiger partial charge on any atom is -0.444 e. The van der Waals surface area contributed by atoms with Gasteiger partial charge in [0.25, 0.3) is 0 Å². The number of hydrogen-bond acceptors (Lipinski definition) is 3. The highest BCUT2D eigenvalue weighted by Crippen LogP contribution is 2.24. The second kappa shape index (κ2) is 4.57. The lowest BCUT2D eigenvalue weighted by molar-refractivity contribution is 0.0203. The van der Waals surface area contributed by atoms with Crippen molar-refractivity contribution >= 4 is 6.09 Å². The van der Waals surface area contributed by atoms with Crippen LogP contribution in [0.3, 0.4) is 0 Å². The third-order valence-corrected chi connectivity index (χ3v) is 2.53. The number of carbonyl (C=O) groups excluding carboxylic acids is 1. The van der Waals surface area contributed by atoms with E-state index in [1.165, 1.54) is 4.90 Å². The fourth-order valence-electron chi connectivity index (χ4n) is 1.84. The second-order valence-electron chi connectivity index (χ2n) is 5.39. The minimum absolute atomic E-state index is 0.0844. The fraction of sp³-hybridized carbons (Fsp3) is 0.909. The van der Waals surface area contributed by atoms with Crippen LogP contribution in [-0.2, 0) is 4.74 Å². The number of rotatable bonds is 1. The fourth-order valence-corrected chi connectivity index (χ4v) is 1.84. The Morgan fingerprint density at radius 1 is 1.56 bits per heavy atom. The van der Waals surface area contributed by atoms with Crippen LogP contribution in [0.5, 0.6) is 0 Å². The minimum atomic E-state index is -0.997. The van der Waals surface area contributed by atoms with Crippen molar-refractivity contribution < 1.29 is 13.9 Å². The molecular weight excluding hydrogens is 211 g/mol. The zero-order valence-electron chi connectivity index (χ0n) is 10.4. The lowest BCUT2D eigenvalue weighted by Gasteiger charge is -2.29. The number of halogens is 1. The van der Waals surface area contributed by atoms with E-state index in [1.54, 1.807) is 27.7 Å². The van der Waals surface area contributed by atoms with Crippen LogP contribution in [0.4, 0.5) is 9.18 Å². The van der Waals surface area contributed by atoms with Gasteiger partial charge in [0, 0.05) is 12.5 Å². The molecule has 94 valence electrons. The average Bonchev–Trinajstić information content (AvgIpc) is 2.44. The van der Waals surface area contributed by atoms with Crippen LogP contribution < -0.4 is 5.73 Å². The Morgan fingerprint density at radius 3 is 2.56 bits per heavy atom. The highest BCUT2D eigenvalue weighted by Gasteiger charge is 2.39. The van der Waals surface area contributed by atoms with Crippen LogP contribution in [0, 0.1) is 0 Å². The second-order valence-corrected chi connectivity index (χ2v) is 5.39. The molecule has 1 fully saturated rings. The van der Waals surface area contributed by atoms with Crippen molar-refractivity contribution in [1.82, 2.24) is 4.90 Å². The first-order valence-electron chi connectivity index (χ1n) is 5.60. The molecule has 0 unspecified atom stereocenters. The molecule has 0 aromatic heterocycles. The molecule has 16 heavy (non-hydrogen) atoms. The van der Waals surface area contributed by atoms with E-state index >= 15 is 0 Å². The number of ether oxygens (including phenoxy) is 1. The lowest BCUT2D eigenvalue weighted by atomic mass is 10.1. The molecule has 1 amide bonds. The molecule has 0 radical (unpaired) electrons. The first kappa shape index (κ1) is 13.2. The predicted molar refractivity (Wildman–Crippen MR) is 59.9 cm³/mol. The first-order chi connectivity index (χ1) is 7.20. The maximum atomic E-state index is 13.3. The number of likely N-dealkylation sites (tertiary alicyclic amines) is 1. The summed E-state index contributed by atoms with van der Waals surface area (Å²) in [6, 6.07) is -0.502. The monoisotopic (exact) mass is 232 g/mol. The molecule has 1 aliphatic heterocycles. The van der Waals surface area contributed by atoms with Crippen molar-refractivity contribution in [3.63, 3.8) is 0 Å². The van der Waals surface area contributed by atoms with E-state index in [-0.39, 0.29) is 18.6 Å². The molecular formula is C11H21FN2O2. The highest BCUT2D eigenvalue weighted by atomic mass is 19.1. The SMILES string of the molecule is C[C@@H](N)[C@H]1C[C@H](F)CN1C(=O)OC(C)(C)C. The quantitative estimate of drug-likeness (QED) is 0.748. The first-order valence-corrected chi connectivity index (χ1v) is 5.60. The molecule has 0 aromatic carbocycles. The van der Waals surface area contributed by atoms with Crippen LogP contribution in [0.25, 0.3) is 0 Å². The van der Waals surface area contributed by atoms with E-state index in [2.05, 4.69) is 0 Å². The van der Waals surface area contributed by atoms with Gasteiger partial charge in [-0.25, -0.2) is 9.18 Å². The maximum absolute atomic E-state index is 13.3. The molecule has 0 aromatic rings. The van der Waals surface area contributed by atoms with Gasteiger partial charge in [-0.3, -0.25) is 0 Å². The summed E-state index contributed by atoms with van der Waals surface area (Å²) in [5.74, 6) is 0. The summed E-state index contributed by atoms with van der Waals surface area (Å²) >= 11 is 0. The van der Waals surface area contributed by atoms with Gasteiger partial charge in [-0.2, -0.15) is 0 Å². The van der Waals surface area contributed by atoms with Crippen molar-refractivity contribution in [2.24, 2.45) is 5.73 Å². The van der Waals surface area contributed by atoms with Gasteiger partial charge in [0.15, 0.2) is 0 Å². The highest BCUT2D eigenvalue weighted by molar-refractivity contribution is 5.69. The van der Waals surface area contributed by atoms with Crippen LogP contribution >= 0.6 is 0 Å². The Labute approximate surface area is 95.9 Å². The molecule has 1 saturated heterocycles. The number of amides is 1. The molecule has 2 N–H and O–H groups in total. The standard InChI is InChI=1S/C11H21FN2O2/c1-7(13)9-5-8(12)6-14(9)10(15)16-11(2,3)4/h7-9H,5-6,13H2,1-4H3/t7-,8+,9-/m1/s1. The molecule has 1 heterocycles. The average molecular weight is 232 g/mol. The Bertz CT molecular complexity index is 263. The van der Waals surface area contributed by atoms with Crippen LogP contribution in [0.1, 0.15) is 34.1 Å². The Morgan fingerprint density at radius 2 is 2.12 bits per heavy atom. The Kier molecular flexibility index (Phi) is 3.78. The zero-order chi connectivity index (χ0) is 12.5. The Balaban J connectivity index is 2.67. The van der Waals surface area contributed by atoms with Gasteiger partial charge in [0.05, 0.1) is 12.6 Å². The largest absolute Gasteiger partial charge is 0.444 e. The van der Waals surface area contributed by atoms with Crippen molar-refractivity contribution in [3.05, 3.63) is 0 Å². The number of nitrogens with two attached hydrogens (primary N) is 1. The summed E-state index contributed by atoms with van der Waals surface area (Å²) in [7, 11) is 0. The summed E-state index contributed by atoms with van der Waals surface area (Å²) in [6.45, 7) is 7.22. The van der Waals surface area contributed by atoms with Gasteiger partial charge in [-0.15, -0.1) is 0 Å². The van der Waals surface area contributed by atoms with E-state index in [1.807, 2.05) is 0 Å². The number of carbonyl (C=O) groups is 1. The van der Waals surface area contributed by atoms with Gasteiger partial charge in [0.1, 0.15) is 11.8 Å². The number of nitrogens with zero attached hydrogens (tertiary/aromatic N) is 1. The van der Waals surface area contributed by atoms with Crippen LogP contribution in [0.15, 0.2) is 0 Å². The molecule has 0 spiro atoms. The van der Waals surface area contributed by atoms with E-state index in [0.717, 1.165) is 0 Å². The normalized spacial score (nSPS) is 28.0.